The lowest BCUT2D eigenvalue weighted by Gasteiger charge is -2.35. The number of likely N-dealkylation sites (N-methyl/N-ethyl adjacent to an activating group) is 1. The molecule has 39 heavy (non-hydrogen) atoms. The van der Waals surface area contributed by atoms with Gasteiger partial charge in [-0.25, -0.2) is 0 Å². The monoisotopic (exact) mass is 507 g/mol. The first-order valence-corrected chi connectivity index (χ1v) is 13.6. The summed E-state index contributed by atoms with van der Waals surface area (Å²) in [6.45, 7) is 4.27. The molecule has 2 aromatic heterocycles. The number of anilines is 1. The van der Waals surface area contributed by atoms with Crippen molar-refractivity contribution in [2.75, 3.05) is 11.9 Å². The number of H-pyrrole nitrogens is 2. The van der Waals surface area contributed by atoms with E-state index < -0.39 is 5.41 Å². The maximum absolute atomic E-state index is 14.9. The molecule has 0 unspecified atom stereocenters. The highest BCUT2D eigenvalue weighted by Gasteiger charge is 2.64. The number of hydrogen-bond donors (Lipinski definition) is 2. The van der Waals surface area contributed by atoms with Crippen molar-refractivity contribution in [3.63, 3.8) is 0 Å². The highest BCUT2D eigenvalue weighted by molar-refractivity contribution is 6.14. The molecule has 3 atom stereocenters. The van der Waals surface area contributed by atoms with Crippen molar-refractivity contribution in [1.29, 1.82) is 0 Å². The number of fused-ring (bicyclic) bond motifs is 7. The van der Waals surface area contributed by atoms with E-state index >= 15 is 0 Å². The molecule has 4 nitrogen and oxygen atoms in total. The van der Waals surface area contributed by atoms with Gasteiger partial charge in [0.15, 0.2) is 0 Å². The zero-order valence-corrected chi connectivity index (χ0v) is 22.2. The third kappa shape index (κ3) is 2.71. The van der Waals surface area contributed by atoms with Crippen LogP contribution in [0.4, 0.5) is 5.69 Å². The second-order valence-corrected chi connectivity index (χ2v) is 11.3. The van der Waals surface area contributed by atoms with E-state index in [-0.39, 0.29) is 17.7 Å². The van der Waals surface area contributed by atoms with Crippen LogP contribution < -0.4 is 4.90 Å². The van der Waals surface area contributed by atoms with Gasteiger partial charge < -0.3 is 14.9 Å². The van der Waals surface area contributed by atoms with Crippen molar-refractivity contribution in [3.05, 3.63) is 136 Å². The van der Waals surface area contributed by atoms with Crippen LogP contribution in [0.15, 0.2) is 97.2 Å². The summed E-state index contributed by atoms with van der Waals surface area (Å²) < 4.78 is 0. The predicted molar refractivity (Wildman–Crippen MR) is 158 cm³/mol. The molecule has 1 aliphatic heterocycles. The molecule has 1 spiro atoms. The average Bonchev–Trinajstić information content (AvgIpc) is 3.67. The lowest BCUT2D eigenvalue weighted by molar-refractivity contribution is -0.122. The first-order valence-electron chi connectivity index (χ1n) is 13.6. The number of carbonyl (C=O) groups is 1. The zero-order chi connectivity index (χ0) is 26.5. The van der Waals surface area contributed by atoms with Crippen LogP contribution in [-0.4, -0.2) is 22.9 Å². The Morgan fingerprint density at radius 3 is 2.41 bits per heavy atom. The summed E-state index contributed by atoms with van der Waals surface area (Å²) in [4.78, 5) is 24.2. The van der Waals surface area contributed by atoms with Crippen LogP contribution in [-0.2, 0) is 10.2 Å². The Labute approximate surface area is 227 Å². The van der Waals surface area contributed by atoms with Crippen molar-refractivity contribution >= 4 is 33.4 Å². The second kappa shape index (κ2) is 7.73. The van der Waals surface area contributed by atoms with Gasteiger partial charge in [0, 0.05) is 63.8 Å². The van der Waals surface area contributed by atoms with Gasteiger partial charge >= 0.3 is 0 Å². The molecule has 0 bridgehead atoms. The van der Waals surface area contributed by atoms with Gasteiger partial charge in [-0.3, -0.25) is 4.79 Å². The first-order chi connectivity index (χ1) is 19.0. The largest absolute Gasteiger partial charge is 0.361 e. The van der Waals surface area contributed by atoms with Gasteiger partial charge in [0.2, 0.25) is 5.91 Å². The van der Waals surface area contributed by atoms with E-state index in [1.165, 1.54) is 27.6 Å². The van der Waals surface area contributed by atoms with Crippen LogP contribution in [0, 0.1) is 13.8 Å². The number of para-hydroxylation sites is 3. The third-order valence-electron chi connectivity index (χ3n) is 9.30. The van der Waals surface area contributed by atoms with E-state index in [4.69, 9.17) is 0 Å². The van der Waals surface area contributed by atoms with Crippen molar-refractivity contribution in [2.45, 2.75) is 31.1 Å². The lowest BCUT2D eigenvalue weighted by atomic mass is 9.64. The number of amides is 1. The fourth-order valence-corrected chi connectivity index (χ4v) is 7.65. The summed E-state index contributed by atoms with van der Waals surface area (Å²) in [5.41, 5.74) is 10.5. The van der Waals surface area contributed by atoms with Gasteiger partial charge in [-0.2, -0.15) is 0 Å². The summed E-state index contributed by atoms with van der Waals surface area (Å²) in [6.07, 6.45) is 2.09. The van der Waals surface area contributed by atoms with Gasteiger partial charge in [-0.15, -0.1) is 0 Å². The molecule has 6 aromatic rings. The fourth-order valence-electron chi connectivity index (χ4n) is 7.65. The smallest absolute Gasteiger partial charge is 0.242 e. The maximum atomic E-state index is 14.9. The Bertz CT molecular complexity index is 1940. The van der Waals surface area contributed by atoms with Crippen molar-refractivity contribution < 1.29 is 4.79 Å². The second-order valence-electron chi connectivity index (χ2n) is 11.3. The Morgan fingerprint density at radius 1 is 0.821 bits per heavy atom. The Hall–Kier alpha value is -4.57. The van der Waals surface area contributed by atoms with E-state index in [9.17, 15) is 4.79 Å². The van der Waals surface area contributed by atoms with Crippen LogP contribution in [0.5, 0.6) is 0 Å². The van der Waals surface area contributed by atoms with Gasteiger partial charge in [0.05, 0.1) is 0 Å². The van der Waals surface area contributed by atoms with E-state index in [1.54, 1.807) is 0 Å². The summed E-state index contributed by atoms with van der Waals surface area (Å²) in [5, 5.41) is 2.35. The minimum absolute atomic E-state index is 0.0552. The average molecular weight is 508 g/mol. The minimum atomic E-state index is -0.857. The molecule has 0 fully saturated rings. The van der Waals surface area contributed by atoms with E-state index in [0.717, 1.165) is 38.9 Å². The Balaban J connectivity index is 1.56. The maximum Gasteiger partial charge on any atom is 0.242 e. The molecular weight excluding hydrogens is 478 g/mol. The molecule has 4 aromatic carbocycles. The number of aromatic amines is 2. The highest BCUT2D eigenvalue weighted by atomic mass is 16.2. The molecule has 0 saturated heterocycles. The molecule has 2 aliphatic rings. The molecule has 0 radical (unpaired) electrons. The summed E-state index contributed by atoms with van der Waals surface area (Å²) in [7, 11) is 1.93. The van der Waals surface area contributed by atoms with Gasteiger partial charge in [-0.05, 0) is 48.2 Å². The van der Waals surface area contributed by atoms with Crippen LogP contribution >= 0.6 is 0 Å². The number of aryl methyl sites for hydroxylation is 2. The summed E-state index contributed by atoms with van der Waals surface area (Å²) >= 11 is 0. The number of nitrogens with zero attached hydrogens (tertiary/aromatic N) is 1. The molecule has 8 rings (SSSR count). The topological polar surface area (TPSA) is 51.9 Å². The number of benzene rings is 4. The molecule has 1 aliphatic carbocycles. The molecule has 2 N–H and O–H groups in total. The molecule has 0 saturated carbocycles. The third-order valence-corrected chi connectivity index (χ3v) is 9.30. The highest BCUT2D eigenvalue weighted by Crippen LogP contribution is 2.66. The fraction of sp³-hybridized carbons (Fsp3) is 0.171. The summed E-state index contributed by atoms with van der Waals surface area (Å²) in [5.74, 6) is -0.0465. The van der Waals surface area contributed by atoms with Crippen molar-refractivity contribution in [2.24, 2.45) is 0 Å². The lowest BCUT2D eigenvalue weighted by Crippen LogP contribution is -2.43. The Kier molecular flexibility index (Phi) is 4.44. The summed E-state index contributed by atoms with van der Waals surface area (Å²) in [6, 6.07) is 32.3. The normalized spacial score (nSPS) is 21.8. The van der Waals surface area contributed by atoms with E-state index in [2.05, 4.69) is 115 Å². The van der Waals surface area contributed by atoms with Crippen LogP contribution in [0.3, 0.4) is 0 Å². The molecule has 1 amide bonds. The minimum Gasteiger partial charge on any atom is -0.361 e. The standard InChI is InChI=1S/C35H29N3O/c1-20-15-17-22(18-16-20)30-29(25-11-8-10-23-21(2)19-36-32(23)25)33-31(24-9-4-6-13-27(24)37-33)35(30)26-12-5-7-14-28(26)38(3)34(35)39/h4-19,29-30,36-37H,1-3H3/t29-,30-,35+/m0/s1. The van der Waals surface area contributed by atoms with Crippen LogP contribution in [0.2, 0.25) is 0 Å². The number of nitrogens with one attached hydrogen (secondary N) is 2. The van der Waals surface area contributed by atoms with Gasteiger partial charge in [0.1, 0.15) is 5.41 Å². The molecule has 4 heteroatoms. The number of carbonyl (C=O) groups excluding carboxylic acids is 1. The first kappa shape index (κ1) is 22.4. The van der Waals surface area contributed by atoms with Crippen molar-refractivity contribution in [1.82, 2.24) is 9.97 Å². The van der Waals surface area contributed by atoms with Gasteiger partial charge in [-0.1, -0.05) is 84.4 Å². The molecule has 190 valence electrons. The van der Waals surface area contributed by atoms with E-state index in [1.807, 2.05) is 18.0 Å². The zero-order valence-electron chi connectivity index (χ0n) is 22.2. The molecular formula is C35H29N3O. The SMILES string of the molecule is Cc1ccc([C@H]2[C@H](c3cccc4c(C)c[nH]c34)c3[nH]c4ccccc4c3[C@]23C(=O)N(C)c2ccccc23)cc1. The predicted octanol–water partition coefficient (Wildman–Crippen LogP) is 7.46. The van der Waals surface area contributed by atoms with Gasteiger partial charge in [0.25, 0.3) is 0 Å². The number of hydrogen-bond acceptors (Lipinski definition) is 1. The number of aromatic nitrogens is 2. The quantitative estimate of drug-likeness (QED) is 0.251. The van der Waals surface area contributed by atoms with Crippen molar-refractivity contribution in [3.8, 4) is 0 Å². The molecule has 3 heterocycles. The van der Waals surface area contributed by atoms with Crippen LogP contribution in [0.25, 0.3) is 21.8 Å². The Morgan fingerprint density at radius 2 is 1.56 bits per heavy atom. The van der Waals surface area contributed by atoms with E-state index in [0.29, 0.717) is 0 Å². The van der Waals surface area contributed by atoms with Crippen LogP contribution in [0.1, 0.15) is 50.9 Å². The number of rotatable bonds is 2.